The lowest BCUT2D eigenvalue weighted by Gasteiger charge is -2.26. The smallest absolute Gasteiger partial charge is 0.0936 e. The molecule has 0 saturated heterocycles. The van der Waals surface area contributed by atoms with Gasteiger partial charge in [0.25, 0.3) is 0 Å². The normalized spacial score (nSPS) is 20.6. The second-order valence-corrected chi connectivity index (χ2v) is 3.38. The van der Waals surface area contributed by atoms with Crippen LogP contribution in [0.25, 0.3) is 0 Å². The third-order valence-electron chi connectivity index (χ3n) is 1.68. The fourth-order valence-corrected chi connectivity index (χ4v) is 0.577. The van der Waals surface area contributed by atoms with Crippen LogP contribution in [0.2, 0.25) is 0 Å². The Morgan fingerprint density at radius 1 is 1.78 bits per heavy atom. The summed E-state index contributed by atoms with van der Waals surface area (Å²) in [6.07, 6.45) is 0. The molecule has 2 heteroatoms. The van der Waals surface area contributed by atoms with Crippen molar-refractivity contribution in [2.24, 2.45) is 0 Å². The van der Waals surface area contributed by atoms with E-state index >= 15 is 0 Å². The summed E-state index contributed by atoms with van der Waals surface area (Å²) in [6, 6.07) is 0. The molecule has 1 nitrogen and oxygen atoms in total. The van der Waals surface area contributed by atoms with E-state index in [4.69, 9.17) is 0 Å². The van der Waals surface area contributed by atoms with Crippen molar-refractivity contribution in [1.82, 2.24) is 0 Å². The van der Waals surface area contributed by atoms with Crippen molar-refractivity contribution >= 4 is 12.6 Å². The van der Waals surface area contributed by atoms with Gasteiger partial charge in [-0.1, -0.05) is 13.5 Å². The molecule has 0 aliphatic heterocycles. The van der Waals surface area contributed by atoms with Gasteiger partial charge in [-0.05, 0) is 19.4 Å². The Labute approximate surface area is 62.2 Å². The first-order valence-electron chi connectivity index (χ1n) is 2.95. The van der Waals surface area contributed by atoms with Crippen LogP contribution in [-0.2, 0) is 0 Å². The minimum Gasteiger partial charge on any atom is -0.385 e. The van der Waals surface area contributed by atoms with Gasteiger partial charge >= 0.3 is 0 Å². The molecule has 0 heterocycles. The van der Waals surface area contributed by atoms with Crippen molar-refractivity contribution in [1.29, 1.82) is 0 Å². The average molecular weight is 146 g/mol. The van der Waals surface area contributed by atoms with Crippen molar-refractivity contribution in [3.63, 3.8) is 0 Å². The van der Waals surface area contributed by atoms with Crippen LogP contribution in [0.1, 0.15) is 20.8 Å². The summed E-state index contributed by atoms with van der Waals surface area (Å²) in [5.74, 6) is 0. The van der Waals surface area contributed by atoms with Gasteiger partial charge in [0.15, 0.2) is 0 Å². The van der Waals surface area contributed by atoms with E-state index in [1.807, 2.05) is 6.92 Å². The van der Waals surface area contributed by atoms with Gasteiger partial charge in [0.05, 0.1) is 5.60 Å². The maximum Gasteiger partial charge on any atom is 0.0936 e. The largest absolute Gasteiger partial charge is 0.385 e. The minimum atomic E-state index is -0.830. The van der Waals surface area contributed by atoms with Crippen LogP contribution in [0.15, 0.2) is 12.2 Å². The summed E-state index contributed by atoms with van der Waals surface area (Å²) in [5.41, 5.74) is -0.0756. The fraction of sp³-hybridized carbons (Fsp3) is 0.714. The van der Waals surface area contributed by atoms with Gasteiger partial charge in [0.2, 0.25) is 0 Å². The molecule has 0 amide bonds. The highest BCUT2D eigenvalue weighted by Gasteiger charge is 2.25. The maximum atomic E-state index is 9.49. The average Bonchev–Trinajstić information content (AvgIpc) is 1.65. The number of thiol groups is 1. The molecular formula is C7H14OS. The number of aliphatic hydroxyl groups is 1. The molecule has 2 unspecified atom stereocenters. The van der Waals surface area contributed by atoms with Gasteiger partial charge in [-0.15, -0.1) is 0 Å². The third kappa shape index (κ3) is 2.03. The van der Waals surface area contributed by atoms with Crippen LogP contribution in [-0.4, -0.2) is 16.0 Å². The zero-order valence-electron chi connectivity index (χ0n) is 6.18. The van der Waals surface area contributed by atoms with Gasteiger partial charge in [-0.3, -0.25) is 0 Å². The monoisotopic (exact) mass is 146 g/mol. The van der Waals surface area contributed by atoms with Crippen molar-refractivity contribution in [2.45, 2.75) is 31.6 Å². The van der Waals surface area contributed by atoms with Crippen molar-refractivity contribution in [2.75, 3.05) is 0 Å². The lowest BCUT2D eigenvalue weighted by atomic mass is 9.95. The summed E-state index contributed by atoms with van der Waals surface area (Å²) in [4.78, 5) is 0. The standard InChI is InChI=1S/C7H14OS/c1-5(2)7(4,8)6(3)9/h6,8-9H,1H2,2-4H3. The molecule has 0 spiro atoms. The highest BCUT2D eigenvalue weighted by Crippen LogP contribution is 2.21. The van der Waals surface area contributed by atoms with Gasteiger partial charge in [-0.25, -0.2) is 0 Å². The molecule has 0 aliphatic rings. The molecule has 9 heavy (non-hydrogen) atoms. The summed E-state index contributed by atoms with van der Waals surface area (Å²) >= 11 is 4.11. The predicted molar refractivity (Wildman–Crippen MR) is 43.9 cm³/mol. The molecule has 0 aromatic heterocycles. The zero-order chi connectivity index (χ0) is 7.65. The van der Waals surface area contributed by atoms with Crippen LogP contribution in [0, 0.1) is 0 Å². The Kier molecular flexibility index (Phi) is 2.77. The first kappa shape index (κ1) is 9.05. The lowest BCUT2D eigenvalue weighted by Crippen LogP contribution is -2.34. The number of rotatable bonds is 2. The van der Waals surface area contributed by atoms with E-state index in [2.05, 4.69) is 19.2 Å². The van der Waals surface area contributed by atoms with E-state index in [1.165, 1.54) is 0 Å². The predicted octanol–water partition coefficient (Wildman–Crippen LogP) is 1.63. The molecule has 0 saturated carbocycles. The fourth-order valence-electron chi connectivity index (χ4n) is 0.357. The quantitative estimate of drug-likeness (QED) is 0.448. The summed E-state index contributed by atoms with van der Waals surface area (Å²) in [6.45, 7) is 9.01. The van der Waals surface area contributed by atoms with Crippen molar-refractivity contribution < 1.29 is 5.11 Å². The summed E-state index contributed by atoms with van der Waals surface area (Å²) < 4.78 is 0. The summed E-state index contributed by atoms with van der Waals surface area (Å²) in [7, 11) is 0. The first-order chi connectivity index (χ1) is 3.89. The van der Waals surface area contributed by atoms with Gasteiger partial charge in [0, 0.05) is 5.25 Å². The molecule has 0 aliphatic carbocycles. The summed E-state index contributed by atoms with van der Waals surface area (Å²) in [5, 5.41) is 9.43. The minimum absolute atomic E-state index is 0.0602. The zero-order valence-corrected chi connectivity index (χ0v) is 7.07. The van der Waals surface area contributed by atoms with Crippen molar-refractivity contribution in [3.8, 4) is 0 Å². The molecule has 1 N–H and O–H groups in total. The number of hydrogen-bond donors (Lipinski definition) is 2. The van der Waals surface area contributed by atoms with E-state index < -0.39 is 5.60 Å². The SMILES string of the molecule is C=C(C)C(C)(O)C(C)S. The van der Waals surface area contributed by atoms with E-state index in [9.17, 15) is 5.11 Å². The molecule has 0 aromatic rings. The molecule has 0 fully saturated rings. The van der Waals surface area contributed by atoms with Crippen LogP contribution in [0.3, 0.4) is 0 Å². The van der Waals surface area contributed by atoms with Crippen molar-refractivity contribution in [3.05, 3.63) is 12.2 Å². The molecule has 54 valence electrons. The number of hydrogen-bond acceptors (Lipinski definition) is 2. The Balaban J connectivity index is 4.19. The second kappa shape index (κ2) is 2.76. The van der Waals surface area contributed by atoms with Crippen LogP contribution in [0.5, 0.6) is 0 Å². The van der Waals surface area contributed by atoms with Crippen LogP contribution in [0.4, 0.5) is 0 Å². The molecule has 0 rings (SSSR count). The highest BCUT2D eigenvalue weighted by molar-refractivity contribution is 7.81. The third-order valence-corrected chi connectivity index (χ3v) is 2.18. The topological polar surface area (TPSA) is 20.2 Å². The molecule has 0 aromatic carbocycles. The second-order valence-electron chi connectivity index (χ2n) is 2.60. The van der Waals surface area contributed by atoms with E-state index in [1.54, 1.807) is 13.8 Å². The van der Waals surface area contributed by atoms with Gasteiger partial charge in [0.1, 0.15) is 0 Å². The Morgan fingerprint density at radius 2 is 2.11 bits per heavy atom. The Bertz CT molecular complexity index is 116. The first-order valence-corrected chi connectivity index (χ1v) is 3.47. The molecular weight excluding hydrogens is 132 g/mol. The Morgan fingerprint density at radius 3 is 2.11 bits per heavy atom. The van der Waals surface area contributed by atoms with E-state index in [-0.39, 0.29) is 5.25 Å². The lowest BCUT2D eigenvalue weighted by molar-refractivity contribution is 0.102. The van der Waals surface area contributed by atoms with Crippen LogP contribution >= 0.6 is 12.6 Å². The van der Waals surface area contributed by atoms with E-state index in [0.29, 0.717) is 0 Å². The van der Waals surface area contributed by atoms with Gasteiger partial charge in [-0.2, -0.15) is 12.6 Å². The van der Waals surface area contributed by atoms with Gasteiger partial charge < -0.3 is 5.11 Å². The van der Waals surface area contributed by atoms with E-state index in [0.717, 1.165) is 5.57 Å². The van der Waals surface area contributed by atoms with Crippen LogP contribution < -0.4 is 0 Å². The Hall–Kier alpha value is 0.0500. The molecule has 2 atom stereocenters. The maximum absolute atomic E-state index is 9.49. The molecule has 0 bridgehead atoms. The molecule has 0 radical (unpaired) electrons. The highest BCUT2D eigenvalue weighted by atomic mass is 32.1.